The molecule has 2 rings (SSSR count). The van der Waals surface area contributed by atoms with E-state index in [9.17, 15) is 4.79 Å². The van der Waals surface area contributed by atoms with Crippen molar-refractivity contribution in [1.29, 1.82) is 0 Å². The molecule has 1 saturated heterocycles. The molecular weight excluding hydrogens is 258 g/mol. The van der Waals surface area contributed by atoms with Gasteiger partial charge in [-0.25, -0.2) is 0 Å². The molecule has 5 heteroatoms. The first-order valence-electron chi connectivity index (χ1n) is 5.72. The summed E-state index contributed by atoms with van der Waals surface area (Å²) in [6, 6.07) is 2.19. The first kappa shape index (κ1) is 13.0. The molecule has 0 spiro atoms. The van der Waals surface area contributed by atoms with Crippen molar-refractivity contribution in [1.82, 2.24) is 4.90 Å². The first-order chi connectivity index (χ1) is 8.09. The molecule has 2 heterocycles. The van der Waals surface area contributed by atoms with Crippen LogP contribution in [0.25, 0.3) is 0 Å². The molecule has 0 radical (unpaired) electrons. The Morgan fingerprint density at radius 3 is 3.00 bits per heavy atom. The molecule has 1 aromatic rings. The third kappa shape index (κ3) is 2.88. The van der Waals surface area contributed by atoms with E-state index in [2.05, 4.69) is 18.7 Å². The zero-order chi connectivity index (χ0) is 12.4. The van der Waals surface area contributed by atoms with Gasteiger partial charge in [0.15, 0.2) is 0 Å². The van der Waals surface area contributed by atoms with Crippen LogP contribution in [0.4, 0.5) is 0 Å². The number of carbonyl (C=O) groups excluding carboxylic acids is 1. The Bertz CT molecular complexity index is 405. The normalized spacial score (nSPS) is 22.0. The highest BCUT2D eigenvalue weighted by Crippen LogP contribution is 2.25. The first-order valence-corrected chi connectivity index (χ1v) is 6.98. The average molecular weight is 274 g/mol. The Morgan fingerprint density at radius 2 is 2.41 bits per heavy atom. The highest BCUT2D eigenvalue weighted by atomic mass is 35.5. The van der Waals surface area contributed by atoms with Crippen LogP contribution in [0.3, 0.4) is 0 Å². The minimum absolute atomic E-state index is 0.00958. The Kier molecular flexibility index (Phi) is 4.20. The summed E-state index contributed by atoms with van der Waals surface area (Å²) < 4.78 is 5.56. The van der Waals surface area contributed by atoms with Crippen molar-refractivity contribution in [2.75, 3.05) is 19.7 Å². The molecule has 0 amide bonds. The summed E-state index contributed by atoms with van der Waals surface area (Å²) in [7, 11) is 0. The van der Waals surface area contributed by atoms with Crippen LogP contribution in [0.1, 0.15) is 23.5 Å². The van der Waals surface area contributed by atoms with Crippen LogP contribution in [0, 0.1) is 0 Å². The number of Topliss-reactive ketones (excluding diaryl/α,β-unsaturated/α-hetero) is 1. The second-order valence-corrected chi connectivity index (χ2v) is 5.73. The molecule has 17 heavy (non-hydrogen) atoms. The van der Waals surface area contributed by atoms with Crippen molar-refractivity contribution in [2.24, 2.45) is 0 Å². The average Bonchev–Trinajstić information content (AvgIpc) is 2.74. The predicted octanol–water partition coefficient (Wildman–Crippen LogP) is 2.69. The summed E-state index contributed by atoms with van der Waals surface area (Å²) >= 11 is 7.35. The standard InChI is InChI=1S/C12H16ClNO2S/c1-8(2)14-4-5-16-10(7-14)11(15)12-9(13)3-6-17-12/h3,6,8,10H,4-5,7H2,1-2H3. The van der Waals surface area contributed by atoms with Gasteiger partial charge in [0.1, 0.15) is 6.10 Å². The number of ether oxygens (including phenoxy) is 1. The number of rotatable bonds is 3. The van der Waals surface area contributed by atoms with E-state index in [4.69, 9.17) is 16.3 Å². The second-order valence-electron chi connectivity index (χ2n) is 4.41. The third-order valence-electron chi connectivity index (χ3n) is 2.96. The molecule has 94 valence electrons. The maximum atomic E-state index is 12.2. The van der Waals surface area contributed by atoms with Crippen LogP contribution in [-0.2, 0) is 4.74 Å². The number of ketones is 1. The molecule has 1 aliphatic rings. The summed E-state index contributed by atoms with van der Waals surface area (Å²) in [6.45, 7) is 6.41. The summed E-state index contributed by atoms with van der Waals surface area (Å²) in [6.07, 6.45) is -0.373. The molecule has 0 aromatic carbocycles. The summed E-state index contributed by atoms with van der Waals surface area (Å²) in [5.41, 5.74) is 0. The highest BCUT2D eigenvalue weighted by Gasteiger charge is 2.30. The fourth-order valence-electron chi connectivity index (χ4n) is 1.91. The predicted molar refractivity (Wildman–Crippen MR) is 70.1 cm³/mol. The fourth-order valence-corrected chi connectivity index (χ4v) is 3.05. The zero-order valence-corrected chi connectivity index (χ0v) is 11.6. The highest BCUT2D eigenvalue weighted by molar-refractivity contribution is 7.12. The smallest absolute Gasteiger partial charge is 0.204 e. The van der Waals surface area contributed by atoms with E-state index in [-0.39, 0.29) is 11.9 Å². The van der Waals surface area contributed by atoms with Gasteiger partial charge in [0.25, 0.3) is 0 Å². The zero-order valence-electron chi connectivity index (χ0n) is 9.98. The maximum absolute atomic E-state index is 12.2. The molecule has 3 nitrogen and oxygen atoms in total. The molecule has 0 saturated carbocycles. The van der Waals surface area contributed by atoms with Crippen molar-refractivity contribution in [2.45, 2.75) is 26.0 Å². The lowest BCUT2D eigenvalue weighted by Gasteiger charge is -2.34. The molecule has 0 bridgehead atoms. The molecule has 1 aliphatic heterocycles. The molecule has 0 aliphatic carbocycles. The molecule has 1 fully saturated rings. The van der Waals surface area contributed by atoms with Crippen molar-refractivity contribution in [3.63, 3.8) is 0 Å². The van der Waals surface area contributed by atoms with Crippen molar-refractivity contribution >= 4 is 28.7 Å². The Morgan fingerprint density at radius 1 is 1.65 bits per heavy atom. The van der Waals surface area contributed by atoms with Crippen LogP contribution in [-0.4, -0.2) is 42.5 Å². The van der Waals surface area contributed by atoms with Crippen molar-refractivity contribution < 1.29 is 9.53 Å². The third-order valence-corrected chi connectivity index (χ3v) is 4.32. The van der Waals surface area contributed by atoms with Crippen LogP contribution >= 0.6 is 22.9 Å². The Labute approximate surface area is 110 Å². The van der Waals surface area contributed by atoms with E-state index in [0.717, 1.165) is 6.54 Å². The largest absolute Gasteiger partial charge is 0.367 e. The van der Waals surface area contributed by atoms with Gasteiger partial charge in [-0.05, 0) is 25.3 Å². The van der Waals surface area contributed by atoms with Crippen molar-refractivity contribution in [3.05, 3.63) is 21.3 Å². The van der Waals surface area contributed by atoms with Crippen molar-refractivity contribution in [3.8, 4) is 0 Å². The van der Waals surface area contributed by atoms with E-state index in [1.54, 1.807) is 6.07 Å². The van der Waals surface area contributed by atoms with Gasteiger partial charge < -0.3 is 4.74 Å². The monoisotopic (exact) mass is 273 g/mol. The van der Waals surface area contributed by atoms with Gasteiger partial charge in [-0.15, -0.1) is 11.3 Å². The van der Waals surface area contributed by atoms with E-state index in [1.807, 2.05) is 5.38 Å². The maximum Gasteiger partial charge on any atom is 0.204 e. The van der Waals surface area contributed by atoms with E-state index < -0.39 is 0 Å². The molecule has 1 unspecified atom stereocenters. The number of hydrogen-bond donors (Lipinski definition) is 0. The van der Waals surface area contributed by atoms with Crippen LogP contribution < -0.4 is 0 Å². The van der Waals surface area contributed by atoms with E-state index in [0.29, 0.717) is 29.1 Å². The van der Waals surface area contributed by atoms with E-state index in [1.165, 1.54) is 11.3 Å². The van der Waals surface area contributed by atoms with Gasteiger partial charge in [0.05, 0.1) is 16.5 Å². The van der Waals surface area contributed by atoms with E-state index >= 15 is 0 Å². The van der Waals surface area contributed by atoms with Crippen LogP contribution in [0.5, 0.6) is 0 Å². The second kappa shape index (κ2) is 5.48. The topological polar surface area (TPSA) is 29.5 Å². The quantitative estimate of drug-likeness (QED) is 0.793. The van der Waals surface area contributed by atoms with Gasteiger partial charge in [0, 0.05) is 19.1 Å². The lowest BCUT2D eigenvalue weighted by molar-refractivity contribution is -0.0254. The van der Waals surface area contributed by atoms with Gasteiger partial charge in [-0.3, -0.25) is 9.69 Å². The van der Waals surface area contributed by atoms with Gasteiger partial charge >= 0.3 is 0 Å². The number of halogens is 1. The molecule has 0 N–H and O–H groups in total. The molecular formula is C12H16ClNO2S. The van der Waals surface area contributed by atoms with Crippen LogP contribution in [0.15, 0.2) is 11.4 Å². The minimum Gasteiger partial charge on any atom is -0.367 e. The van der Waals surface area contributed by atoms with Gasteiger partial charge in [-0.2, -0.15) is 0 Å². The lowest BCUT2D eigenvalue weighted by Crippen LogP contribution is -2.48. The molecule has 1 atom stereocenters. The number of morpholine rings is 1. The number of hydrogen-bond acceptors (Lipinski definition) is 4. The van der Waals surface area contributed by atoms with Gasteiger partial charge in [0.2, 0.25) is 5.78 Å². The fraction of sp³-hybridized carbons (Fsp3) is 0.583. The van der Waals surface area contributed by atoms with Gasteiger partial charge in [-0.1, -0.05) is 11.6 Å². The SMILES string of the molecule is CC(C)N1CCOC(C(=O)c2sccc2Cl)C1. The lowest BCUT2D eigenvalue weighted by atomic mass is 10.1. The molecule has 1 aromatic heterocycles. The Hall–Kier alpha value is -0.420. The Balaban J connectivity index is 2.07. The van der Waals surface area contributed by atoms with Crippen LogP contribution in [0.2, 0.25) is 5.02 Å². The number of thiophene rings is 1. The summed E-state index contributed by atoms with van der Waals surface area (Å²) in [5.74, 6) is 0.00958. The number of carbonyl (C=O) groups is 1. The summed E-state index contributed by atoms with van der Waals surface area (Å²) in [4.78, 5) is 15.1. The minimum atomic E-state index is -0.373. The number of nitrogens with zero attached hydrogens (tertiary/aromatic N) is 1. The summed E-state index contributed by atoms with van der Waals surface area (Å²) in [5, 5.41) is 2.36.